The predicted octanol–water partition coefficient (Wildman–Crippen LogP) is 4.17. The third kappa shape index (κ3) is 7.24. The molecule has 0 aliphatic rings. The topological polar surface area (TPSA) is 20.2 Å². The van der Waals surface area contributed by atoms with E-state index >= 15 is 0 Å². The maximum Gasteiger partial charge on any atom is 0.0747 e. The molecule has 1 heteroatoms. The zero-order chi connectivity index (χ0) is 12.6. The van der Waals surface area contributed by atoms with Gasteiger partial charge in [-0.25, -0.2) is 0 Å². The summed E-state index contributed by atoms with van der Waals surface area (Å²) in [7, 11) is 0. The summed E-state index contributed by atoms with van der Waals surface area (Å²) in [6.45, 7) is 15.2. The van der Waals surface area contributed by atoms with Crippen molar-refractivity contribution in [3.05, 3.63) is 48.6 Å². The standard InChI is InChI=1S/C15H24O/c1-6-13(4)8-7-9-14(5)10-11-15(16)12(2)3/h6,9,15-16H,1-2,4,7-8,10-11H2,3,5H3/b14-9+/t15-/m0/s1. The second-order valence-electron chi connectivity index (χ2n) is 4.35. The van der Waals surface area contributed by atoms with Crippen LogP contribution in [-0.2, 0) is 0 Å². The summed E-state index contributed by atoms with van der Waals surface area (Å²) in [4.78, 5) is 0. The van der Waals surface area contributed by atoms with Crippen LogP contribution in [0.4, 0.5) is 0 Å². The fourth-order valence-electron chi connectivity index (χ4n) is 1.32. The number of aliphatic hydroxyl groups is 1. The molecule has 0 rings (SSSR count). The van der Waals surface area contributed by atoms with Crippen LogP contribution in [0.3, 0.4) is 0 Å². The third-order valence-electron chi connectivity index (χ3n) is 2.63. The summed E-state index contributed by atoms with van der Waals surface area (Å²) in [6, 6.07) is 0. The minimum atomic E-state index is -0.369. The SMILES string of the molecule is C=CC(=C)CC/C=C(\C)CC[C@H](O)C(=C)C. The van der Waals surface area contributed by atoms with Crippen LogP contribution in [0.25, 0.3) is 0 Å². The van der Waals surface area contributed by atoms with Crippen molar-refractivity contribution in [3.8, 4) is 0 Å². The van der Waals surface area contributed by atoms with Crippen molar-refractivity contribution in [1.29, 1.82) is 0 Å². The average molecular weight is 220 g/mol. The van der Waals surface area contributed by atoms with E-state index in [1.165, 1.54) is 5.57 Å². The van der Waals surface area contributed by atoms with Gasteiger partial charge in [-0.15, -0.1) is 0 Å². The molecule has 0 saturated carbocycles. The van der Waals surface area contributed by atoms with Gasteiger partial charge in [0, 0.05) is 0 Å². The molecule has 1 N–H and O–H groups in total. The van der Waals surface area contributed by atoms with E-state index in [1.807, 2.05) is 6.92 Å². The fraction of sp³-hybridized carbons (Fsp3) is 0.467. The number of rotatable bonds is 8. The van der Waals surface area contributed by atoms with Crippen LogP contribution < -0.4 is 0 Å². The molecular formula is C15H24O. The molecule has 16 heavy (non-hydrogen) atoms. The summed E-state index contributed by atoms with van der Waals surface area (Å²) < 4.78 is 0. The summed E-state index contributed by atoms with van der Waals surface area (Å²) >= 11 is 0. The summed E-state index contributed by atoms with van der Waals surface area (Å²) in [6.07, 6.45) is 7.29. The second-order valence-corrected chi connectivity index (χ2v) is 4.35. The monoisotopic (exact) mass is 220 g/mol. The van der Waals surface area contributed by atoms with Crippen molar-refractivity contribution in [3.63, 3.8) is 0 Å². The molecule has 0 unspecified atom stereocenters. The van der Waals surface area contributed by atoms with Gasteiger partial charge >= 0.3 is 0 Å². The maximum absolute atomic E-state index is 9.57. The van der Waals surface area contributed by atoms with Gasteiger partial charge in [-0.2, -0.15) is 0 Å². The first-order valence-electron chi connectivity index (χ1n) is 5.76. The van der Waals surface area contributed by atoms with E-state index in [-0.39, 0.29) is 6.10 Å². The van der Waals surface area contributed by atoms with Crippen LogP contribution in [0.2, 0.25) is 0 Å². The molecule has 0 aromatic heterocycles. The molecule has 0 bridgehead atoms. The Hall–Kier alpha value is -1.08. The van der Waals surface area contributed by atoms with Crippen molar-refractivity contribution in [1.82, 2.24) is 0 Å². The van der Waals surface area contributed by atoms with Gasteiger partial charge in [0.05, 0.1) is 6.10 Å². The Balaban J connectivity index is 3.83. The van der Waals surface area contributed by atoms with Gasteiger partial charge < -0.3 is 5.11 Å². The lowest BCUT2D eigenvalue weighted by Crippen LogP contribution is -2.06. The van der Waals surface area contributed by atoms with Gasteiger partial charge in [0.25, 0.3) is 0 Å². The lowest BCUT2D eigenvalue weighted by molar-refractivity contribution is 0.201. The van der Waals surface area contributed by atoms with Gasteiger partial charge in [-0.05, 0) is 39.5 Å². The minimum Gasteiger partial charge on any atom is -0.389 e. The van der Waals surface area contributed by atoms with Crippen LogP contribution in [0.5, 0.6) is 0 Å². The van der Waals surface area contributed by atoms with Crippen molar-refractivity contribution in [2.45, 2.75) is 45.6 Å². The molecule has 0 amide bonds. The van der Waals surface area contributed by atoms with Gasteiger partial charge in [-0.3, -0.25) is 0 Å². The van der Waals surface area contributed by atoms with Crippen molar-refractivity contribution < 1.29 is 5.11 Å². The van der Waals surface area contributed by atoms with Crippen LogP contribution >= 0.6 is 0 Å². The van der Waals surface area contributed by atoms with E-state index in [9.17, 15) is 5.11 Å². The smallest absolute Gasteiger partial charge is 0.0747 e. The molecular weight excluding hydrogens is 196 g/mol. The van der Waals surface area contributed by atoms with Crippen LogP contribution in [0.15, 0.2) is 48.6 Å². The highest BCUT2D eigenvalue weighted by atomic mass is 16.3. The van der Waals surface area contributed by atoms with Gasteiger partial charge in [-0.1, -0.05) is 48.6 Å². The highest BCUT2D eigenvalue weighted by Gasteiger charge is 2.03. The minimum absolute atomic E-state index is 0.369. The molecule has 1 nitrogen and oxygen atoms in total. The second kappa shape index (κ2) is 8.12. The van der Waals surface area contributed by atoms with E-state index in [1.54, 1.807) is 6.08 Å². The van der Waals surface area contributed by atoms with Crippen LogP contribution in [-0.4, -0.2) is 11.2 Å². The van der Waals surface area contributed by atoms with E-state index in [0.717, 1.165) is 36.8 Å². The van der Waals surface area contributed by atoms with Crippen molar-refractivity contribution in [2.24, 2.45) is 0 Å². The maximum atomic E-state index is 9.57. The Bertz CT molecular complexity index is 284. The Morgan fingerprint density at radius 3 is 2.38 bits per heavy atom. The first-order valence-corrected chi connectivity index (χ1v) is 5.76. The Morgan fingerprint density at radius 2 is 1.88 bits per heavy atom. The number of aliphatic hydroxyl groups excluding tert-OH is 1. The molecule has 90 valence electrons. The normalized spacial score (nSPS) is 13.3. The summed E-state index contributed by atoms with van der Waals surface area (Å²) in [5.41, 5.74) is 3.23. The molecule has 0 aromatic rings. The van der Waals surface area contributed by atoms with E-state index in [2.05, 4.69) is 32.7 Å². The van der Waals surface area contributed by atoms with Crippen LogP contribution in [0, 0.1) is 0 Å². The zero-order valence-electron chi connectivity index (χ0n) is 10.6. The zero-order valence-corrected chi connectivity index (χ0v) is 10.6. The van der Waals surface area contributed by atoms with E-state index in [4.69, 9.17) is 0 Å². The molecule has 0 aromatic carbocycles. The molecule has 0 saturated heterocycles. The highest BCUT2D eigenvalue weighted by Crippen LogP contribution is 2.13. The largest absolute Gasteiger partial charge is 0.389 e. The quantitative estimate of drug-likeness (QED) is 0.481. The number of hydrogen-bond donors (Lipinski definition) is 1. The highest BCUT2D eigenvalue weighted by molar-refractivity contribution is 5.12. The lowest BCUT2D eigenvalue weighted by atomic mass is 10.0. The van der Waals surface area contributed by atoms with Crippen molar-refractivity contribution >= 4 is 0 Å². The first-order chi connectivity index (χ1) is 7.47. The van der Waals surface area contributed by atoms with Crippen molar-refractivity contribution in [2.75, 3.05) is 0 Å². The Morgan fingerprint density at radius 1 is 1.25 bits per heavy atom. The number of allylic oxidation sites excluding steroid dienone is 4. The molecule has 0 radical (unpaired) electrons. The molecule has 0 fully saturated rings. The number of hydrogen-bond acceptors (Lipinski definition) is 1. The van der Waals surface area contributed by atoms with Gasteiger partial charge in [0.2, 0.25) is 0 Å². The van der Waals surface area contributed by atoms with Crippen LogP contribution in [0.1, 0.15) is 39.5 Å². The molecule has 0 aliphatic carbocycles. The first kappa shape index (κ1) is 14.9. The van der Waals surface area contributed by atoms with Gasteiger partial charge in [0.1, 0.15) is 0 Å². The lowest BCUT2D eigenvalue weighted by Gasteiger charge is -2.09. The third-order valence-corrected chi connectivity index (χ3v) is 2.63. The van der Waals surface area contributed by atoms with E-state index in [0.29, 0.717) is 0 Å². The Kier molecular flexibility index (Phi) is 7.57. The molecule has 1 atom stereocenters. The molecule has 0 aliphatic heterocycles. The van der Waals surface area contributed by atoms with Gasteiger partial charge in [0.15, 0.2) is 0 Å². The summed E-state index contributed by atoms with van der Waals surface area (Å²) in [5.74, 6) is 0. The fourth-order valence-corrected chi connectivity index (χ4v) is 1.32. The predicted molar refractivity (Wildman–Crippen MR) is 72.4 cm³/mol. The summed E-state index contributed by atoms with van der Waals surface area (Å²) in [5, 5.41) is 9.57. The average Bonchev–Trinajstić information content (AvgIpc) is 2.25. The molecule has 0 spiro atoms. The van der Waals surface area contributed by atoms with E-state index < -0.39 is 0 Å². The molecule has 0 heterocycles. The Labute approximate surface area is 99.9 Å².